The first-order valence-electron chi connectivity index (χ1n) is 7.98. The van der Waals surface area contributed by atoms with Crippen LogP contribution in [0.3, 0.4) is 0 Å². The summed E-state index contributed by atoms with van der Waals surface area (Å²) in [5.41, 5.74) is 4.35. The molecule has 1 atom stereocenters. The second-order valence-corrected chi connectivity index (χ2v) is 6.87. The second kappa shape index (κ2) is 6.15. The fourth-order valence-corrected chi connectivity index (χ4v) is 4.06. The number of ketones is 1. The molecule has 122 valence electrons. The van der Waals surface area contributed by atoms with Crippen LogP contribution < -0.4 is 10.6 Å². The molecule has 0 aromatic heterocycles. The third kappa shape index (κ3) is 2.58. The van der Waals surface area contributed by atoms with Crippen LogP contribution in [0.4, 0.5) is 11.4 Å². The van der Waals surface area contributed by atoms with Gasteiger partial charge in [0.2, 0.25) is 0 Å². The SMILES string of the molecule is O=C1CCCC2=C1[C@H](c1c(Cl)cccc1Cl)Nc1ccccc1N2. The number of para-hydroxylation sites is 2. The van der Waals surface area contributed by atoms with E-state index in [1.165, 1.54) is 0 Å². The summed E-state index contributed by atoms with van der Waals surface area (Å²) in [5, 5.41) is 8.04. The highest BCUT2D eigenvalue weighted by atomic mass is 35.5. The maximum atomic E-state index is 12.7. The second-order valence-electron chi connectivity index (χ2n) is 6.05. The summed E-state index contributed by atoms with van der Waals surface area (Å²) in [5.74, 6) is 0.144. The first kappa shape index (κ1) is 15.6. The Morgan fingerprint density at radius 2 is 1.62 bits per heavy atom. The number of hydrogen-bond acceptors (Lipinski definition) is 3. The summed E-state index contributed by atoms with van der Waals surface area (Å²) in [6, 6.07) is 13.0. The number of rotatable bonds is 1. The van der Waals surface area contributed by atoms with Gasteiger partial charge < -0.3 is 10.6 Å². The van der Waals surface area contributed by atoms with E-state index in [0.717, 1.165) is 41.1 Å². The normalized spacial score (nSPS) is 19.8. The van der Waals surface area contributed by atoms with Gasteiger partial charge in [-0.15, -0.1) is 0 Å². The van der Waals surface area contributed by atoms with E-state index in [-0.39, 0.29) is 11.8 Å². The van der Waals surface area contributed by atoms with Crippen LogP contribution in [0.25, 0.3) is 0 Å². The van der Waals surface area contributed by atoms with Crippen LogP contribution in [0.1, 0.15) is 30.9 Å². The summed E-state index contributed by atoms with van der Waals surface area (Å²) < 4.78 is 0. The van der Waals surface area contributed by atoms with Gasteiger partial charge in [0.25, 0.3) is 0 Å². The van der Waals surface area contributed by atoms with Crippen LogP contribution in [0, 0.1) is 0 Å². The molecule has 0 bridgehead atoms. The number of anilines is 2. The molecule has 1 aliphatic heterocycles. The molecule has 2 aliphatic rings. The number of halogens is 2. The number of Topliss-reactive ketones (excluding diaryl/α,β-unsaturated/α-hetero) is 1. The van der Waals surface area contributed by atoms with E-state index in [1.807, 2.05) is 42.5 Å². The van der Waals surface area contributed by atoms with Gasteiger partial charge in [0, 0.05) is 33.3 Å². The van der Waals surface area contributed by atoms with Crippen LogP contribution in [0.15, 0.2) is 53.7 Å². The van der Waals surface area contributed by atoms with E-state index in [0.29, 0.717) is 16.5 Å². The fraction of sp³-hybridized carbons (Fsp3) is 0.211. The number of nitrogens with one attached hydrogen (secondary N) is 2. The van der Waals surface area contributed by atoms with Gasteiger partial charge in [-0.2, -0.15) is 0 Å². The Labute approximate surface area is 150 Å². The van der Waals surface area contributed by atoms with Gasteiger partial charge in [-0.25, -0.2) is 0 Å². The van der Waals surface area contributed by atoms with Crippen molar-refractivity contribution in [1.29, 1.82) is 0 Å². The number of hydrogen-bond donors (Lipinski definition) is 2. The molecular weight excluding hydrogens is 343 g/mol. The predicted molar refractivity (Wildman–Crippen MR) is 98.8 cm³/mol. The summed E-state index contributed by atoms with van der Waals surface area (Å²) in [6.07, 6.45) is 2.25. The van der Waals surface area contributed by atoms with Gasteiger partial charge in [0.15, 0.2) is 5.78 Å². The summed E-state index contributed by atoms with van der Waals surface area (Å²) in [4.78, 5) is 12.7. The molecule has 2 aromatic rings. The van der Waals surface area contributed by atoms with Crippen molar-refractivity contribution in [1.82, 2.24) is 0 Å². The van der Waals surface area contributed by atoms with Crippen molar-refractivity contribution in [3.05, 3.63) is 69.3 Å². The highest BCUT2D eigenvalue weighted by molar-refractivity contribution is 6.36. The molecule has 0 saturated heterocycles. The molecule has 24 heavy (non-hydrogen) atoms. The molecule has 1 aliphatic carbocycles. The molecule has 2 aromatic carbocycles. The minimum absolute atomic E-state index is 0.144. The van der Waals surface area contributed by atoms with E-state index in [4.69, 9.17) is 23.2 Å². The lowest BCUT2D eigenvalue weighted by Crippen LogP contribution is -2.24. The molecule has 0 unspecified atom stereocenters. The monoisotopic (exact) mass is 358 g/mol. The quantitative estimate of drug-likeness (QED) is 0.698. The topological polar surface area (TPSA) is 41.1 Å². The van der Waals surface area contributed by atoms with Gasteiger partial charge in [0.1, 0.15) is 0 Å². The molecule has 3 nitrogen and oxygen atoms in total. The Morgan fingerprint density at radius 3 is 2.38 bits per heavy atom. The molecule has 4 rings (SSSR count). The average molecular weight is 359 g/mol. The van der Waals surface area contributed by atoms with Crippen LogP contribution in [0.2, 0.25) is 10.0 Å². The molecule has 0 saturated carbocycles. The molecule has 2 N–H and O–H groups in total. The van der Waals surface area contributed by atoms with Gasteiger partial charge in [0.05, 0.1) is 17.4 Å². The molecule has 0 amide bonds. The zero-order chi connectivity index (χ0) is 16.7. The van der Waals surface area contributed by atoms with Gasteiger partial charge in [-0.05, 0) is 37.1 Å². The molecule has 1 heterocycles. The van der Waals surface area contributed by atoms with E-state index in [1.54, 1.807) is 0 Å². The first-order valence-corrected chi connectivity index (χ1v) is 8.73. The minimum atomic E-state index is -0.356. The zero-order valence-corrected chi connectivity index (χ0v) is 14.4. The summed E-state index contributed by atoms with van der Waals surface area (Å²) in [7, 11) is 0. The molecular formula is C19H16Cl2N2O. The largest absolute Gasteiger partial charge is 0.372 e. The highest BCUT2D eigenvalue weighted by Crippen LogP contribution is 2.44. The highest BCUT2D eigenvalue weighted by Gasteiger charge is 2.33. The summed E-state index contributed by atoms with van der Waals surface area (Å²) >= 11 is 12.9. The Balaban J connectivity index is 1.94. The van der Waals surface area contributed by atoms with Crippen LogP contribution in [-0.4, -0.2) is 5.78 Å². The average Bonchev–Trinajstić information content (AvgIpc) is 2.72. The fourth-order valence-electron chi connectivity index (χ4n) is 3.44. The van der Waals surface area contributed by atoms with Crippen LogP contribution in [0.5, 0.6) is 0 Å². The number of fused-ring (bicyclic) bond motifs is 1. The van der Waals surface area contributed by atoms with Crippen molar-refractivity contribution >= 4 is 40.4 Å². The maximum absolute atomic E-state index is 12.7. The summed E-state index contributed by atoms with van der Waals surface area (Å²) in [6.45, 7) is 0. The van der Waals surface area contributed by atoms with Crippen molar-refractivity contribution in [2.24, 2.45) is 0 Å². The van der Waals surface area contributed by atoms with Crippen molar-refractivity contribution in [3.8, 4) is 0 Å². The molecule has 0 spiro atoms. The Bertz CT molecular complexity index is 840. The number of carbonyl (C=O) groups excluding carboxylic acids is 1. The standard InChI is InChI=1S/C19H16Cl2N2O/c20-11-5-3-6-12(21)17(11)19-18-15(9-4-10-16(18)24)22-13-7-1-2-8-14(13)23-19/h1-3,5-8,19,22-23H,4,9-10H2/t19-/m0/s1. The van der Waals surface area contributed by atoms with Gasteiger partial charge in [-0.3, -0.25) is 4.79 Å². The van der Waals surface area contributed by atoms with Crippen molar-refractivity contribution in [2.75, 3.05) is 10.6 Å². The van der Waals surface area contributed by atoms with Crippen molar-refractivity contribution in [3.63, 3.8) is 0 Å². The predicted octanol–water partition coefficient (Wildman–Crippen LogP) is 5.58. The lowest BCUT2D eigenvalue weighted by Gasteiger charge is -2.26. The van der Waals surface area contributed by atoms with Crippen LogP contribution in [-0.2, 0) is 4.79 Å². The third-order valence-corrected chi connectivity index (χ3v) is 5.20. The number of carbonyl (C=O) groups is 1. The lowest BCUT2D eigenvalue weighted by molar-refractivity contribution is -0.116. The Hall–Kier alpha value is -1.97. The third-order valence-electron chi connectivity index (χ3n) is 4.55. The molecule has 0 radical (unpaired) electrons. The molecule has 0 fully saturated rings. The lowest BCUT2D eigenvalue weighted by atomic mass is 9.86. The first-order chi connectivity index (χ1) is 11.6. The van der Waals surface area contributed by atoms with Crippen molar-refractivity contribution < 1.29 is 4.79 Å². The number of benzene rings is 2. The van der Waals surface area contributed by atoms with Crippen LogP contribution >= 0.6 is 23.2 Å². The Kier molecular flexibility index (Phi) is 3.99. The minimum Gasteiger partial charge on any atom is -0.372 e. The van der Waals surface area contributed by atoms with E-state index in [2.05, 4.69) is 10.6 Å². The Morgan fingerprint density at radius 1 is 0.917 bits per heavy atom. The number of allylic oxidation sites excluding steroid dienone is 1. The van der Waals surface area contributed by atoms with Gasteiger partial charge >= 0.3 is 0 Å². The van der Waals surface area contributed by atoms with Crippen molar-refractivity contribution in [2.45, 2.75) is 25.3 Å². The van der Waals surface area contributed by atoms with Gasteiger partial charge in [-0.1, -0.05) is 41.4 Å². The smallest absolute Gasteiger partial charge is 0.163 e. The zero-order valence-electron chi connectivity index (χ0n) is 12.9. The van der Waals surface area contributed by atoms with E-state index >= 15 is 0 Å². The molecule has 5 heteroatoms. The maximum Gasteiger partial charge on any atom is 0.163 e. The van der Waals surface area contributed by atoms with E-state index < -0.39 is 0 Å². The van der Waals surface area contributed by atoms with E-state index in [9.17, 15) is 4.79 Å².